The third kappa shape index (κ3) is 7.73. The first-order chi connectivity index (χ1) is 16.0. The fraction of sp³-hybridized carbons (Fsp3) is 0.500. The first-order valence-electron chi connectivity index (χ1n) is 10.4. The van der Waals surface area contributed by atoms with Crippen molar-refractivity contribution in [1.29, 1.82) is 0 Å². The summed E-state index contributed by atoms with van der Waals surface area (Å²) in [6.45, 7) is 5.68. The van der Waals surface area contributed by atoms with E-state index >= 15 is 0 Å². The van der Waals surface area contributed by atoms with Crippen LogP contribution in [0.2, 0.25) is 0 Å². The summed E-state index contributed by atoms with van der Waals surface area (Å²) >= 11 is 0. The van der Waals surface area contributed by atoms with Crippen molar-refractivity contribution in [3.05, 3.63) is 24.3 Å². The molecule has 12 nitrogen and oxygen atoms in total. The fourth-order valence-electron chi connectivity index (χ4n) is 3.38. The van der Waals surface area contributed by atoms with E-state index in [-0.39, 0.29) is 18.3 Å². The molecule has 0 unspecified atom stereocenters. The monoisotopic (exact) mass is 480 g/mol. The van der Waals surface area contributed by atoms with Crippen LogP contribution < -0.4 is 15.4 Å². The van der Waals surface area contributed by atoms with Crippen LogP contribution in [0.4, 0.5) is 5.69 Å². The van der Waals surface area contributed by atoms with Gasteiger partial charge in [-0.25, -0.2) is 0 Å². The minimum Gasteiger partial charge on any atom is -0.463 e. The molecule has 1 aliphatic rings. The standard InChI is InChI=1S/C22H28N2O10/c1-11(25)23-16-8-6-7-9-17(16)33-22-19(24-12(2)26)21(32-15(5)29)20(31-14(4)28)18(34-22)10-30-13(3)27/h6-9,18-22H,10H2,1-5H3,(H,23,25)(H,24,26)/t18-,19+,20-,21+,22-/m1/s1. The highest BCUT2D eigenvalue weighted by molar-refractivity contribution is 5.90. The second-order valence-corrected chi connectivity index (χ2v) is 7.52. The summed E-state index contributed by atoms with van der Waals surface area (Å²) in [5.74, 6) is -2.71. The molecule has 1 saturated heterocycles. The van der Waals surface area contributed by atoms with E-state index in [0.717, 1.165) is 13.8 Å². The maximum absolute atomic E-state index is 12.0. The Bertz CT molecular complexity index is 934. The highest BCUT2D eigenvalue weighted by atomic mass is 16.7. The molecule has 1 fully saturated rings. The van der Waals surface area contributed by atoms with E-state index in [9.17, 15) is 24.0 Å². The van der Waals surface area contributed by atoms with Gasteiger partial charge in [-0.2, -0.15) is 0 Å². The molecule has 1 aromatic carbocycles. The van der Waals surface area contributed by atoms with Crippen molar-refractivity contribution in [3.63, 3.8) is 0 Å². The van der Waals surface area contributed by atoms with Crippen LogP contribution in [-0.4, -0.2) is 67.0 Å². The zero-order chi connectivity index (χ0) is 25.4. The molecule has 2 N–H and O–H groups in total. The van der Waals surface area contributed by atoms with Gasteiger partial charge < -0.3 is 34.3 Å². The van der Waals surface area contributed by atoms with Gasteiger partial charge in [0.1, 0.15) is 24.5 Å². The Balaban J connectivity index is 2.50. The number of hydrogen-bond acceptors (Lipinski definition) is 10. The molecule has 0 aromatic heterocycles. The van der Waals surface area contributed by atoms with Crippen LogP contribution in [0, 0.1) is 0 Å². The second kappa shape index (κ2) is 12.0. The third-order valence-corrected chi connectivity index (χ3v) is 4.51. The Morgan fingerprint density at radius 2 is 1.47 bits per heavy atom. The fourth-order valence-corrected chi connectivity index (χ4v) is 3.38. The molecule has 2 amide bonds. The maximum atomic E-state index is 12.0. The summed E-state index contributed by atoms with van der Waals surface area (Å²) in [5.41, 5.74) is 0.322. The van der Waals surface area contributed by atoms with Gasteiger partial charge in [0.2, 0.25) is 18.1 Å². The predicted octanol–water partition coefficient (Wildman–Crippen LogP) is 0.680. The number of ether oxygens (including phenoxy) is 5. The van der Waals surface area contributed by atoms with E-state index in [1.54, 1.807) is 24.3 Å². The molecular weight excluding hydrogens is 452 g/mol. The Hall–Kier alpha value is -3.67. The number of carbonyl (C=O) groups excluding carboxylic acids is 5. The molecule has 1 aliphatic heterocycles. The van der Waals surface area contributed by atoms with Crippen molar-refractivity contribution < 1.29 is 47.7 Å². The molecule has 34 heavy (non-hydrogen) atoms. The zero-order valence-electron chi connectivity index (χ0n) is 19.5. The number of benzene rings is 1. The largest absolute Gasteiger partial charge is 0.463 e. The Morgan fingerprint density at radius 1 is 0.853 bits per heavy atom. The normalized spacial score (nSPS) is 23.7. The van der Waals surface area contributed by atoms with Gasteiger partial charge in [-0.1, -0.05) is 12.1 Å². The predicted molar refractivity (Wildman–Crippen MR) is 115 cm³/mol. The summed E-state index contributed by atoms with van der Waals surface area (Å²) in [6.07, 6.45) is -4.89. The van der Waals surface area contributed by atoms with Gasteiger partial charge in [0.05, 0.1) is 5.69 Å². The molecule has 0 spiro atoms. The molecule has 12 heteroatoms. The van der Waals surface area contributed by atoms with Gasteiger partial charge >= 0.3 is 17.9 Å². The third-order valence-electron chi connectivity index (χ3n) is 4.51. The lowest BCUT2D eigenvalue weighted by Crippen LogP contribution is -2.67. The molecule has 0 aliphatic carbocycles. The minimum atomic E-state index is -1.30. The first kappa shape index (κ1) is 26.6. The smallest absolute Gasteiger partial charge is 0.303 e. The van der Waals surface area contributed by atoms with Gasteiger partial charge in [-0.3, -0.25) is 24.0 Å². The van der Waals surface area contributed by atoms with Gasteiger partial charge in [0, 0.05) is 34.6 Å². The van der Waals surface area contributed by atoms with Crippen LogP contribution >= 0.6 is 0 Å². The van der Waals surface area contributed by atoms with Crippen molar-refractivity contribution in [2.45, 2.75) is 65.3 Å². The van der Waals surface area contributed by atoms with Gasteiger partial charge in [0.25, 0.3) is 0 Å². The first-order valence-corrected chi connectivity index (χ1v) is 10.4. The van der Waals surface area contributed by atoms with Crippen LogP contribution in [0.25, 0.3) is 0 Å². The Kier molecular flexibility index (Phi) is 9.36. The second-order valence-electron chi connectivity index (χ2n) is 7.52. The number of esters is 3. The lowest BCUT2D eigenvalue weighted by molar-refractivity contribution is -0.257. The number of rotatable bonds is 8. The van der Waals surface area contributed by atoms with E-state index in [1.165, 1.54) is 20.8 Å². The van der Waals surface area contributed by atoms with Crippen molar-refractivity contribution in [2.75, 3.05) is 11.9 Å². The molecular formula is C22H28N2O10. The lowest BCUT2D eigenvalue weighted by atomic mass is 9.96. The van der Waals surface area contributed by atoms with Crippen LogP contribution in [-0.2, 0) is 42.9 Å². The van der Waals surface area contributed by atoms with Crippen molar-refractivity contribution in [2.24, 2.45) is 0 Å². The molecule has 2 rings (SSSR count). The number of amides is 2. The van der Waals surface area contributed by atoms with Gasteiger partial charge in [-0.15, -0.1) is 0 Å². The van der Waals surface area contributed by atoms with Crippen LogP contribution in [0.5, 0.6) is 5.75 Å². The molecule has 1 aromatic rings. The van der Waals surface area contributed by atoms with E-state index in [2.05, 4.69) is 10.6 Å². The Morgan fingerprint density at radius 3 is 2.03 bits per heavy atom. The van der Waals surface area contributed by atoms with E-state index < -0.39 is 54.5 Å². The number of para-hydroxylation sites is 2. The van der Waals surface area contributed by atoms with Crippen LogP contribution in [0.1, 0.15) is 34.6 Å². The summed E-state index contributed by atoms with van der Waals surface area (Å²) in [6, 6.07) is 5.34. The van der Waals surface area contributed by atoms with E-state index in [4.69, 9.17) is 23.7 Å². The Labute approximate surface area is 196 Å². The highest BCUT2D eigenvalue weighted by Crippen LogP contribution is 2.32. The molecule has 186 valence electrons. The highest BCUT2D eigenvalue weighted by Gasteiger charge is 2.52. The van der Waals surface area contributed by atoms with E-state index in [0.29, 0.717) is 5.69 Å². The summed E-state index contributed by atoms with van der Waals surface area (Å²) in [7, 11) is 0. The maximum Gasteiger partial charge on any atom is 0.303 e. The average Bonchev–Trinajstić information content (AvgIpc) is 2.71. The summed E-state index contributed by atoms with van der Waals surface area (Å²) < 4.78 is 27.7. The van der Waals surface area contributed by atoms with Gasteiger partial charge in [0.15, 0.2) is 12.2 Å². The van der Waals surface area contributed by atoms with E-state index in [1.807, 2.05) is 0 Å². The van der Waals surface area contributed by atoms with Crippen LogP contribution in [0.3, 0.4) is 0 Å². The number of nitrogens with one attached hydrogen (secondary N) is 2. The molecule has 0 saturated carbocycles. The molecule has 0 bridgehead atoms. The van der Waals surface area contributed by atoms with Crippen molar-refractivity contribution in [1.82, 2.24) is 5.32 Å². The zero-order valence-corrected chi connectivity index (χ0v) is 19.5. The molecule has 0 radical (unpaired) electrons. The summed E-state index contributed by atoms with van der Waals surface area (Å²) in [4.78, 5) is 58.7. The van der Waals surface area contributed by atoms with Crippen molar-refractivity contribution in [3.8, 4) is 5.75 Å². The molecule has 1 heterocycles. The minimum absolute atomic E-state index is 0.191. The average molecular weight is 480 g/mol. The van der Waals surface area contributed by atoms with Gasteiger partial charge in [-0.05, 0) is 12.1 Å². The molecule has 5 atom stereocenters. The quantitative estimate of drug-likeness (QED) is 0.401. The number of carbonyl (C=O) groups is 5. The van der Waals surface area contributed by atoms with Crippen LogP contribution in [0.15, 0.2) is 24.3 Å². The SMILES string of the molecule is CC(=O)Nc1ccccc1O[C@@H]1O[C@H](COC(C)=O)[C@@H](OC(C)=O)[C@@H](OC(C)=O)[C@@H]1NC(C)=O. The number of hydrogen-bond donors (Lipinski definition) is 2. The van der Waals surface area contributed by atoms with Crippen molar-refractivity contribution >= 4 is 35.4 Å². The summed E-state index contributed by atoms with van der Waals surface area (Å²) in [5, 5.41) is 5.22. The number of anilines is 1. The lowest BCUT2D eigenvalue weighted by Gasteiger charge is -2.44. The topological polar surface area (TPSA) is 156 Å².